The molecular weight excluding hydrogens is 240 g/mol. The molecule has 5 heteroatoms. The van der Waals surface area contributed by atoms with Crippen molar-refractivity contribution < 1.29 is 0 Å². The van der Waals surface area contributed by atoms with Crippen molar-refractivity contribution in [2.75, 3.05) is 0 Å². The van der Waals surface area contributed by atoms with Gasteiger partial charge in [-0.3, -0.25) is 4.79 Å². The van der Waals surface area contributed by atoms with Crippen LogP contribution in [0.15, 0.2) is 41.5 Å². The first-order chi connectivity index (χ1) is 9.15. The number of nitrogens with one attached hydrogen (secondary N) is 1. The third kappa shape index (κ3) is 2.03. The van der Waals surface area contributed by atoms with E-state index in [1.165, 1.54) is 5.56 Å². The lowest BCUT2D eigenvalue weighted by molar-refractivity contribution is 0.856. The quantitative estimate of drug-likeness (QED) is 0.762. The molecule has 0 saturated heterocycles. The summed E-state index contributed by atoms with van der Waals surface area (Å²) in [6, 6.07) is 8.16. The highest BCUT2D eigenvalue weighted by atomic mass is 16.1. The lowest BCUT2D eigenvalue weighted by Crippen LogP contribution is -2.07. The monoisotopic (exact) mass is 254 g/mol. The van der Waals surface area contributed by atoms with Gasteiger partial charge in [-0.05, 0) is 23.6 Å². The fraction of sp³-hybridized carbons (Fsp3) is 0.214. The molecule has 0 fully saturated rings. The Morgan fingerprint density at radius 1 is 1.21 bits per heavy atom. The van der Waals surface area contributed by atoms with Crippen molar-refractivity contribution in [2.45, 2.75) is 19.8 Å². The van der Waals surface area contributed by atoms with Crippen LogP contribution in [-0.4, -0.2) is 20.0 Å². The van der Waals surface area contributed by atoms with Crippen molar-refractivity contribution in [2.24, 2.45) is 0 Å². The smallest absolute Gasteiger partial charge is 0.265 e. The fourth-order valence-electron chi connectivity index (χ4n) is 2.02. The second-order valence-electron chi connectivity index (χ2n) is 4.82. The molecule has 5 nitrogen and oxygen atoms in total. The number of fused-ring (bicyclic) bond motifs is 1. The van der Waals surface area contributed by atoms with Crippen LogP contribution in [0.25, 0.3) is 16.6 Å². The standard InChI is InChI=1S/C14H14N4O/c1-9(2)10-3-5-12(6-4-10)18-8-11-7-15-16-14(19)13(11)17-18/h3-9H,1-2H3,(H,16,19). The number of nitrogens with zero attached hydrogens (tertiary/aromatic N) is 3. The van der Waals surface area contributed by atoms with Gasteiger partial charge in [0, 0.05) is 11.6 Å². The number of aromatic amines is 1. The van der Waals surface area contributed by atoms with E-state index >= 15 is 0 Å². The Labute approximate surface area is 109 Å². The topological polar surface area (TPSA) is 63.6 Å². The summed E-state index contributed by atoms with van der Waals surface area (Å²) >= 11 is 0. The van der Waals surface area contributed by atoms with Crippen molar-refractivity contribution in [1.82, 2.24) is 20.0 Å². The van der Waals surface area contributed by atoms with Gasteiger partial charge in [-0.1, -0.05) is 26.0 Å². The second-order valence-corrected chi connectivity index (χ2v) is 4.82. The third-order valence-electron chi connectivity index (χ3n) is 3.15. The third-order valence-corrected chi connectivity index (χ3v) is 3.15. The van der Waals surface area contributed by atoms with E-state index in [-0.39, 0.29) is 5.56 Å². The van der Waals surface area contributed by atoms with Crippen molar-refractivity contribution in [3.8, 4) is 5.69 Å². The molecule has 2 heterocycles. The first kappa shape index (κ1) is 11.6. The molecule has 96 valence electrons. The van der Waals surface area contributed by atoms with Crippen LogP contribution in [0.1, 0.15) is 25.3 Å². The summed E-state index contributed by atoms with van der Waals surface area (Å²) in [7, 11) is 0. The SMILES string of the molecule is CC(C)c1ccc(-n2cc3cn[nH]c(=O)c3n2)cc1. The van der Waals surface area contributed by atoms with Crippen LogP contribution in [0, 0.1) is 0 Å². The first-order valence-electron chi connectivity index (χ1n) is 6.18. The number of aromatic nitrogens is 4. The van der Waals surface area contributed by atoms with E-state index in [9.17, 15) is 4.79 Å². The molecule has 1 N–H and O–H groups in total. The van der Waals surface area contributed by atoms with Gasteiger partial charge in [-0.2, -0.15) is 10.2 Å². The molecule has 0 amide bonds. The minimum absolute atomic E-state index is 0.268. The minimum Gasteiger partial charge on any atom is -0.265 e. The fourth-order valence-corrected chi connectivity index (χ4v) is 2.02. The maximum atomic E-state index is 11.6. The maximum Gasteiger partial charge on any atom is 0.292 e. The van der Waals surface area contributed by atoms with Crippen LogP contribution in [-0.2, 0) is 0 Å². The van der Waals surface area contributed by atoms with Crippen molar-refractivity contribution >= 4 is 10.9 Å². The summed E-state index contributed by atoms with van der Waals surface area (Å²) in [6.45, 7) is 4.31. The van der Waals surface area contributed by atoms with Gasteiger partial charge < -0.3 is 0 Å². The molecule has 0 spiro atoms. The molecule has 0 atom stereocenters. The molecule has 0 bridgehead atoms. The minimum atomic E-state index is -0.268. The number of rotatable bonds is 2. The number of benzene rings is 1. The van der Waals surface area contributed by atoms with Gasteiger partial charge in [0.05, 0.1) is 11.9 Å². The summed E-state index contributed by atoms with van der Waals surface area (Å²) in [4.78, 5) is 11.6. The largest absolute Gasteiger partial charge is 0.292 e. The highest BCUT2D eigenvalue weighted by molar-refractivity contribution is 5.76. The number of hydrogen-bond acceptors (Lipinski definition) is 3. The van der Waals surface area contributed by atoms with Gasteiger partial charge in [0.1, 0.15) is 0 Å². The Bertz CT molecular complexity index is 768. The Kier molecular flexibility index (Phi) is 2.67. The average molecular weight is 254 g/mol. The van der Waals surface area contributed by atoms with Gasteiger partial charge in [0.25, 0.3) is 5.56 Å². The predicted octanol–water partition coefficient (Wildman–Crippen LogP) is 2.23. The Morgan fingerprint density at radius 3 is 2.58 bits per heavy atom. The van der Waals surface area contributed by atoms with E-state index < -0.39 is 0 Å². The predicted molar refractivity (Wildman–Crippen MR) is 73.6 cm³/mol. The van der Waals surface area contributed by atoms with Gasteiger partial charge in [0.2, 0.25) is 0 Å². The molecule has 0 aliphatic carbocycles. The molecule has 19 heavy (non-hydrogen) atoms. The average Bonchev–Trinajstić information content (AvgIpc) is 2.84. The second kappa shape index (κ2) is 4.35. The van der Waals surface area contributed by atoms with E-state index in [0.717, 1.165) is 11.1 Å². The normalized spacial score (nSPS) is 11.3. The van der Waals surface area contributed by atoms with Gasteiger partial charge in [-0.15, -0.1) is 0 Å². The van der Waals surface area contributed by atoms with Gasteiger partial charge in [-0.25, -0.2) is 9.78 Å². The molecule has 0 aliphatic heterocycles. The highest BCUT2D eigenvalue weighted by Gasteiger charge is 2.06. The zero-order valence-corrected chi connectivity index (χ0v) is 10.8. The molecule has 0 saturated carbocycles. The number of H-pyrrole nitrogens is 1. The Balaban J connectivity index is 2.09. The van der Waals surface area contributed by atoms with Crippen LogP contribution >= 0.6 is 0 Å². The van der Waals surface area contributed by atoms with E-state index in [0.29, 0.717) is 11.4 Å². The van der Waals surface area contributed by atoms with Crippen LogP contribution in [0.5, 0.6) is 0 Å². The molecule has 0 unspecified atom stereocenters. The van der Waals surface area contributed by atoms with Gasteiger partial charge in [0.15, 0.2) is 5.52 Å². The molecule has 0 aliphatic rings. The summed E-state index contributed by atoms with van der Waals surface area (Å²) in [5, 5.41) is 11.2. The Morgan fingerprint density at radius 2 is 1.95 bits per heavy atom. The molecule has 3 aromatic rings. The molecular formula is C14H14N4O. The van der Waals surface area contributed by atoms with Crippen LogP contribution in [0.4, 0.5) is 0 Å². The lowest BCUT2D eigenvalue weighted by atomic mass is 10.0. The van der Waals surface area contributed by atoms with Crippen LogP contribution in [0.2, 0.25) is 0 Å². The van der Waals surface area contributed by atoms with E-state index in [4.69, 9.17) is 0 Å². The summed E-state index contributed by atoms with van der Waals surface area (Å²) < 4.78 is 1.70. The van der Waals surface area contributed by atoms with Crippen LogP contribution < -0.4 is 5.56 Å². The molecule has 2 aromatic heterocycles. The summed E-state index contributed by atoms with van der Waals surface area (Å²) in [5.74, 6) is 0.498. The first-order valence-corrected chi connectivity index (χ1v) is 6.18. The summed E-state index contributed by atoms with van der Waals surface area (Å²) in [5.41, 5.74) is 2.35. The van der Waals surface area contributed by atoms with Crippen molar-refractivity contribution in [3.63, 3.8) is 0 Å². The van der Waals surface area contributed by atoms with Crippen molar-refractivity contribution in [1.29, 1.82) is 0 Å². The van der Waals surface area contributed by atoms with E-state index in [2.05, 4.69) is 41.3 Å². The van der Waals surface area contributed by atoms with Gasteiger partial charge >= 0.3 is 0 Å². The molecule has 1 aromatic carbocycles. The summed E-state index contributed by atoms with van der Waals surface area (Å²) in [6.07, 6.45) is 3.41. The lowest BCUT2D eigenvalue weighted by Gasteiger charge is -2.06. The molecule has 0 radical (unpaired) electrons. The number of hydrogen-bond donors (Lipinski definition) is 1. The molecule has 3 rings (SSSR count). The van der Waals surface area contributed by atoms with E-state index in [1.807, 2.05) is 18.3 Å². The van der Waals surface area contributed by atoms with Crippen LogP contribution in [0.3, 0.4) is 0 Å². The zero-order chi connectivity index (χ0) is 13.4. The highest BCUT2D eigenvalue weighted by Crippen LogP contribution is 2.17. The Hall–Kier alpha value is -2.43. The van der Waals surface area contributed by atoms with Crippen molar-refractivity contribution in [3.05, 3.63) is 52.6 Å². The zero-order valence-electron chi connectivity index (χ0n) is 10.8. The maximum absolute atomic E-state index is 11.6. The van der Waals surface area contributed by atoms with E-state index in [1.54, 1.807) is 10.9 Å².